The van der Waals surface area contributed by atoms with Gasteiger partial charge >= 0.3 is 0 Å². The molecule has 0 aliphatic heterocycles. The van der Waals surface area contributed by atoms with Gasteiger partial charge < -0.3 is 10.3 Å². The summed E-state index contributed by atoms with van der Waals surface area (Å²) in [6, 6.07) is 6.28. The Morgan fingerprint density at radius 3 is 2.82 bits per heavy atom. The minimum atomic E-state index is 0.875. The number of hydrogen-bond donors (Lipinski definition) is 2. The first-order valence-corrected chi connectivity index (χ1v) is 6.96. The smallest absolute Gasteiger partial charge is 0.0921 e. The molecule has 0 fully saturated rings. The Morgan fingerprint density at radius 1 is 1.24 bits per heavy atom. The minimum absolute atomic E-state index is 0.875. The Bertz CT molecular complexity index is 469. The second-order valence-electron chi connectivity index (χ2n) is 3.75. The van der Waals surface area contributed by atoms with E-state index in [1.54, 1.807) is 6.33 Å². The number of H-pyrrole nitrogens is 1. The zero-order valence-electron chi connectivity index (χ0n) is 9.21. The minimum Gasteiger partial charge on any atom is -0.348 e. The van der Waals surface area contributed by atoms with Crippen LogP contribution < -0.4 is 5.32 Å². The number of benzene rings is 1. The van der Waals surface area contributed by atoms with Crippen molar-refractivity contribution in [3.63, 3.8) is 0 Å². The summed E-state index contributed by atoms with van der Waals surface area (Å²) >= 11 is 6.96. The zero-order chi connectivity index (χ0) is 12.1. The van der Waals surface area contributed by atoms with Gasteiger partial charge in [0.2, 0.25) is 0 Å². The first-order chi connectivity index (χ1) is 8.25. The lowest BCUT2D eigenvalue weighted by Gasteiger charge is -2.05. The summed E-state index contributed by atoms with van der Waals surface area (Å²) in [7, 11) is 0. The lowest BCUT2D eigenvalue weighted by atomic mass is 10.2. The summed E-state index contributed by atoms with van der Waals surface area (Å²) < 4.78 is 2.17. The highest BCUT2D eigenvalue weighted by Gasteiger charge is 1.99. The molecule has 0 unspecified atom stereocenters. The molecule has 0 radical (unpaired) electrons. The Labute approximate surface area is 117 Å². The lowest BCUT2D eigenvalue weighted by molar-refractivity contribution is 0.681. The van der Waals surface area contributed by atoms with Crippen molar-refractivity contribution in [3.8, 4) is 0 Å². The van der Waals surface area contributed by atoms with Gasteiger partial charge in [0.15, 0.2) is 0 Å². The van der Waals surface area contributed by atoms with E-state index in [1.165, 1.54) is 5.56 Å². The molecule has 0 bridgehead atoms. The maximum atomic E-state index is 3.99. The molecule has 3 nitrogen and oxygen atoms in total. The summed E-state index contributed by atoms with van der Waals surface area (Å²) in [5, 5.41) is 3.40. The molecule has 0 atom stereocenters. The fourth-order valence-corrected chi connectivity index (χ4v) is 2.20. The average Bonchev–Trinajstić information content (AvgIpc) is 2.82. The van der Waals surface area contributed by atoms with E-state index in [-0.39, 0.29) is 0 Å². The van der Waals surface area contributed by atoms with E-state index >= 15 is 0 Å². The van der Waals surface area contributed by atoms with Gasteiger partial charge in [-0.25, -0.2) is 4.98 Å². The molecule has 1 heterocycles. The molecule has 2 aromatic rings. The van der Waals surface area contributed by atoms with E-state index in [4.69, 9.17) is 0 Å². The summed E-state index contributed by atoms with van der Waals surface area (Å²) in [6.45, 7) is 1.82. The van der Waals surface area contributed by atoms with Crippen LogP contribution in [-0.2, 0) is 13.0 Å². The van der Waals surface area contributed by atoms with Crippen LogP contribution in [0.3, 0.4) is 0 Å². The SMILES string of the molecule is Brc1ccc(CNCCc2cnc[nH]2)cc1Br. The molecule has 1 aromatic carbocycles. The van der Waals surface area contributed by atoms with Crippen LogP contribution in [0.25, 0.3) is 0 Å². The van der Waals surface area contributed by atoms with Crippen LogP contribution in [0.4, 0.5) is 0 Å². The van der Waals surface area contributed by atoms with Gasteiger partial charge in [0.25, 0.3) is 0 Å². The fraction of sp³-hybridized carbons (Fsp3) is 0.250. The van der Waals surface area contributed by atoms with Crippen molar-refractivity contribution < 1.29 is 0 Å². The predicted molar refractivity (Wildman–Crippen MR) is 75.8 cm³/mol. The van der Waals surface area contributed by atoms with Gasteiger partial charge in [-0.1, -0.05) is 6.07 Å². The number of nitrogens with one attached hydrogen (secondary N) is 2. The molecular formula is C12H13Br2N3. The third kappa shape index (κ3) is 3.94. The largest absolute Gasteiger partial charge is 0.348 e. The third-order valence-electron chi connectivity index (χ3n) is 2.44. The Morgan fingerprint density at radius 2 is 2.12 bits per heavy atom. The molecule has 1 aromatic heterocycles. The molecule has 5 heteroatoms. The Balaban J connectivity index is 1.76. The summed E-state index contributed by atoms with van der Waals surface area (Å²) in [5.74, 6) is 0. The molecule has 2 rings (SSSR count). The number of imidazole rings is 1. The molecule has 0 amide bonds. The lowest BCUT2D eigenvalue weighted by Crippen LogP contribution is -2.16. The molecule has 90 valence electrons. The molecule has 0 saturated carbocycles. The fourth-order valence-electron chi connectivity index (χ4n) is 1.53. The van der Waals surface area contributed by atoms with E-state index in [9.17, 15) is 0 Å². The highest BCUT2D eigenvalue weighted by Crippen LogP contribution is 2.23. The molecule has 2 N–H and O–H groups in total. The topological polar surface area (TPSA) is 40.7 Å². The monoisotopic (exact) mass is 357 g/mol. The van der Waals surface area contributed by atoms with Crippen LogP contribution in [0, 0.1) is 0 Å². The van der Waals surface area contributed by atoms with Gasteiger partial charge in [0.05, 0.1) is 6.33 Å². The summed E-state index contributed by atoms with van der Waals surface area (Å²) in [4.78, 5) is 7.07. The average molecular weight is 359 g/mol. The van der Waals surface area contributed by atoms with Gasteiger partial charge in [-0.2, -0.15) is 0 Å². The Hall–Kier alpha value is -0.650. The second kappa shape index (κ2) is 6.33. The van der Waals surface area contributed by atoms with Gasteiger partial charge in [-0.3, -0.25) is 0 Å². The van der Waals surface area contributed by atoms with E-state index in [1.807, 2.05) is 6.20 Å². The summed E-state index contributed by atoms with van der Waals surface area (Å²) in [5.41, 5.74) is 2.43. The molecule has 0 aliphatic carbocycles. The van der Waals surface area contributed by atoms with Crippen LogP contribution in [0.15, 0.2) is 39.7 Å². The molecule has 0 aliphatic rings. The first kappa shape index (κ1) is 12.8. The van der Waals surface area contributed by atoms with Crippen molar-refractivity contribution in [2.45, 2.75) is 13.0 Å². The highest BCUT2D eigenvalue weighted by atomic mass is 79.9. The second-order valence-corrected chi connectivity index (χ2v) is 5.46. The van der Waals surface area contributed by atoms with Gasteiger partial charge in [0, 0.05) is 40.3 Å². The molecular weight excluding hydrogens is 346 g/mol. The number of halogens is 2. The predicted octanol–water partition coefficient (Wildman–Crippen LogP) is 3.27. The zero-order valence-corrected chi connectivity index (χ0v) is 12.4. The van der Waals surface area contributed by atoms with E-state index in [0.29, 0.717) is 0 Å². The van der Waals surface area contributed by atoms with E-state index in [2.05, 4.69) is 65.3 Å². The highest BCUT2D eigenvalue weighted by molar-refractivity contribution is 9.13. The maximum absolute atomic E-state index is 3.99. The van der Waals surface area contributed by atoms with Crippen molar-refractivity contribution in [2.24, 2.45) is 0 Å². The number of rotatable bonds is 5. The van der Waals surface area contributed by atoms with Crippen LogP contribution in [-0.4, -0.2) is 16.5 Å². The molecule has 17 heavy (non-hydrogen) atoms. The number of aromatic nitrogens is 2. The first-order valence-electron chi connectivity index (χ1n) is 5.37. The Kier molecular flexibility index (Phi) is 4.76. The van der Waals surface area contributed by atoms with Gasteiger partial charge in [-0.05, 0) is 49.6 Å². The number of aromatic amines is 1. The number of hydrogen-bond acceptors (Lipinski definition) is 2. The van der Waals surface area contributed by atoms with Crippen LogP contribution in [0.2, 0.25) is 0 Å². The van der Waals surface area contributed by atoms with E-state index < -0.39 is 0 Å². The van der Waals surface area contributed by atoms with Crippen molar-refractivity contribution >= 4 is 31.9 Å². The third-order valence-corrected chi connectivity index (χ3v) is 4.32. The van der Waals surface area contributed by atoms with E-state index in [0.717, 1.165) is 34.1 Å². The van der Waals surface area contributed by atoms with Gasteiger partial charge in [0.1, 0.15) is 0 Å². The van der Waals surface area contributed by atoms with Crippen LogP contribution >= 0.6 is 31.9 Å². The standard InChI is InChI=1S/C12H13Br2N3/c13-11-2-1-9(5-12(11)14)6-15-4-3-10-7-16-8-17-10/h1-2,5,7-8,15H,3-4,6H2,(H,16,17). The molecule has 0 saturated heterocycles. The summed E-state index contributed by atoms with van der Waals surface area (Å²) in [6.07, 6.45) is 4.54. The molecule has 0 spiro atoms. The van der Waals surface area contributed by atoms with Crippen molar-refractivity contribution in [2.75, 3.05) is 6.54 Å². The maximum Gasteiger partial charge on any atom is 0.0921 e. The normalized spacial score (nSPS) is 10.7. The van der Waals surface area contributed by atoms with Crippen LogP contribution in [0.1, 0.15) is 11.3 Å². The van der Waals surface area contributed by atoms with Gasteiger partial charge in [-0.15, -0.1) is 0 Å². The van der Waals surface area contributed by atoms with Crippen LogP contribution in [0.5, 0.6) is 0 Å². The van der Waals surface area contributed by atoms with Crippen molar-refractivity contribution in [1.29, 1.82) is 0 Å². The quantitative estimate of drug-likeness (QED) is 0.805. The van der Waals surface area contributed by atoms with Crippen molar-refractivity contribution in [1.82, 2.24) is 15.3 Å². The van der Waals surface area contributed by atoms with Crippen molar-refractivity contribution in [3.05, 3.63) is 50.9 Å². The number of nitrogens with zero attached hydrogens (tertiary/aromatic N) is 1.